The number of aromatic nitrogens is 1. The molecule has 0 radical (unpaired) electrons. The van der Waals surface area contributed by atoms with E-state index in [2.05, 4.69) is 166 Å². The molecule has 0 amide bonds. The van der Waals surface area contributed by atoms with Crippen molar-refractivity contribution >= 4 is 87.8 Å². The molecule has 3 aromatic heterocycles. The van der Waals surface area contributed by atoms with E-state index in [0.29, 0.717) is 0 Å². The molecule has 1 aliphatic heterocycles. The van der Waals surface area contributed by atoms with E-state index in [1.54, 1.807) is 0 Å². The van der Waals surface area contributed by atoms with E-state index in [9.17, 15) is 0 Å². The summed E-state index contributed by atoms with van der Waals surface area (Å²) in [6.45, 7) is 8.51. The van der Waals surface area contributed by atoms with Gasteiger partial charge in [-0.2, -0.15) is 0 Å². The molecule has 11 rings (SSSR count). The molecule has 7 aromatic carbocycles. The zero-order valence-corrected chi connectivity index (χ0v) is 31.3. The molecule has 6 heteroatoms. The molecule has 0 atom stereocenters. The van der Waals surface area contributed by atoms with Crippen LogP contribution in [-0.2, 0) is 9.31 Å². The van der Waals surface area contributed by atoms with Crippen molar-refractivity contribution in [2.24, 2.45) is 0 Å². The van der Waals surface area contributed by atoms with Crippen LogP contribution >= 0.6 is 11.3 Å². The van der Waals surface area contributed by atoms with Crippen molar-refractivity contribution < 1.29 is 13.7 Å². The van der Waals surface area contributed by atoms with E-state index in [1.807, 2.05) is 23.5 Å². The second-order valence-corrected chi connectivity index (χ2v) is 16.6. The van der Waals surface area contributed by atoms with Crippen molar-refractivity contribution in [2.75, 3.05) is 0 Å². The fourth-order valence-electron chi connectivity index (χ4n) is 8.50. The summed E-state index contributed by atoms with van der Waals surface area (Å²) in [7, 11) is -0.603. The maximum absolute atomic E-state index is 6.95. The third kappa shape index (κ3) is 4.57. The van der Waals surface area contributed by atoms with E-state index in [1.165, 1.54) is 42.0 Å². The molecular weight excluding hydrogens is 681 g/mol. The normalized spacial score (nSPS) is 15.5. The Morgan fingerprint density at radius 2 is 1.11 bits per heavy atom. The molecule has 0 unspecified atom stereocenters. The van der Waals surface area contributed by atoms with Crippen molar-refractivity contribution in [2.45, 2.75) is 38.9 Å². The summed E-state index contributed by atoms with van der Waals surface area (Å²) in [5.74, 6) is 0. The molecule has 4 heterocycles. The lowest BCUT2D eigenvalue weighted by atomic mass is 9.70. The van der Waals surface area contributed by atoms with E-state index >= 15 is 0 Å². The van der Waals surface area contributed by atoms with Gasteiger partial charge >= 0.3 is 7.12 Å². The third-order valence-electron chi connectivity index (χ3n) is 11.9. The first-order valence-corrected chi connectivity index (χ1v) is 19.4. The van der Waals surface area contributed by atoms with Gasteiger partial charge in [0.25, 0.3) is 0 Å². The Labute approximate surface area is 317 Å². The van der Waals surface area contributed by atoms with Crippen LogP contribution in [0.4, 0.5) is 0 Å². The van der Waals surface area contributed by atoms with Crippen LogP contribution in [0.1, 0.15) is 27.7 Å². The summed E-state index contributed by atoms with van der Waals surface area (Å²) >= 11 is 1.85. The van der Waals surface area contributed by atoms with Gasteiger partial charge in [-0.05, 0) is 98.4 Å². The van der Waals surface area contributed by atoms with Crippen molar-refractivity contribution in [3.8, 4) is 27.9 Å². The first-order valence-electron chi connectivity index (χ1n) is 18.6. The molecule has 260 valence electrons. The largest absolute Gasteiger partial charge is 0.496 e. The average molecular weight is 718 g/mol. The predicted molar refractivity (Wildman–Crippen MR) is 228 cm³/mol. The van der Waals surface area contributed by atoms with Crippen LogP contribution in [0, 0.1) is 0 Å². The summed E-state index contributed by atoms with van der Waals surface area (Å²) in [5.41, 5.74) is 9.56. The van der Waals surface area contributed by atoms with Crippen LogP contribution in [0.25, 0.3) is 91.9 Å². The Bertz CT molecular complexity index is 3080. The topological polar surface area (TPSA) is 36.5 Å². The van der Waals surface area contributed by atoms with Gasteiger partial charge in [0.05, 0.1) is 22.2 Å². The second-order valence-electron chi connectivity index (χ2n) is 15.5. The Balaban J connectivity index is 1.23. The van der Waals surface area contributed by atoms with Crippen LogP contribution in [0.3, 0.4) is 0 Å². The summed E-state index contributed by atoms with van der Waals surface area (Å²) in [5, 5.41) is 7.20. The third-order valence-corrected chi connectivity index (χ3v) is 13.1. The summed E-state index contributed by atoms with van der Waals surface area (Å²) in [6, 6.07) is 52.4. The number of fused-ring (bicyclic) bond motifs is 9. The van der Waals surface area contributed by atoms with Crippen molar-refractivity contribution in [1.29, 1.82) is 0 Å². The molecule has 4 nitrogen and oxygen atoms in total. The number of thiophene rings is 1. The molecule has 0 aliphatic carbocycles. The van der Waals surface area contributed by atoms with Gasteiger partial charge < -0.3 is 18.3 Å². The molecule has 0 N–H and O–H groups in total. The average Bonchev–Trinajstić information content (AvgIpc) is 3.90. The van der Waals surface area contributed by atoms with Gasteiger partial charge in [-0.15, -0.1) is 11.3 Å². The summed E-state index contributed by atoms with van der Waals surface area (Å²) in [6.07, 6.45) is 0. The highest BCUT2D eigenvalue weighted by Crippen LogP contribution is 2.45. The van der Waals surface area contributed by atoms with Crippen LogP contribution in [0.15, 0.2) is 150 Å². The molecule has 0 saturated carbocycles. The lowest BCUT2D eigenvalue weighted by Crippen LogP contribution is -2.41. The quantitative estimate of drug-likeness (QED) is 0.170. The van der Waals surface area contributed by atoms with E-state index in [4.69, 9.17) is 13.7 Å². The highest BCUT2D eigenvalue weighted by molar-refractivity contribution is 7.26. The van der Waals surface area contributed by atoms with Gasteiger partial charge in [0.15, 0.2) is 0 Å². The number of para-hydroxylation sites is 3. The minimum Gasteiger partial charge on any atom is -0.456 e. The molecule has 1 saturated heterocycles. The minimum absolute atomic E-state index is 0.525. The number of hydrogen-bond donors (Lipinski definition) is 0. The number of furan rings is 1. The molecule has 54 heavy (non-hydrogen) atoms. The Hall–Kier alpha value is -5.66. The molecule has 1 aliphatic rings. The molecule has 0 bridgehead atoms. The smallest absolute Gasteiger partial charge is 0.456 e. The highest BCUT2D eigenvalue weighted by Gasteiger charge is 2.53. The number of hydrogen-bond acceptors (Lipinski definition) is 4. The molecular formula is C48H36BNO3S. The SMILES string of the molecule is CC1(C)OB(c2c(-c3ccc4c(c3)oc3ccccc34)cccc2-c2cc(-n3c4ccccc4c4ccccc43)cc3c2sc2ccccc23)OC1(C)C. The maximum Gasteiger partial charge on any atom is 0.496 e. The Morgan fingerprint density at radius 1 is 0.500 bits per heavy atom. The van der Waals surface area contributed by atoms with Gasteiger partial charge in [-0.25, -0.2) is 0 Å². The lowest BCUT2D eigenvalue weighted by molar-refractivity contribution is 0.00578. The number of rotatable bonds is 4. The maximum atomic E-state index is 6.95. The Kier molecular flexibility index (Phi) is 6.74. The van der Waals surface area contributed by atoms with Crippen molar-refractivity contribution in [3.05, 3.63) is 146 Å². The van der Waals surface area contributed by atoms with Gasteiger partial charge in [0.1, 0.15) is 11.2 Å². The molecule has 1 fully saturated rings. The fourth-order valence-corrected chi connectivity index (χ4v) is 9.71. The summed E-state index contributed by atoms with van der Waals surface area (Å²) in [4.78, 5) is 0. The van der Waals surface area contributed by atoms with Crippen LogP contribution in [0.2, 0.25) is 0 Å². The van der Waals surface area contributed by atoms with Crippen LogP contribution in [0.5, 0.6) is 0 Å². The first kappa shape index (κ1) is 31.8. The first-order chi connectivity index (χ1) is 26.3. The lowest BCUT2D eigenvalue weighted by Gasteiger charge is -2.32. The standard InChI is InChI=1S/C48H36BNO3S/c1-47(2)48(3,4)53-49(52-47)45-31(29-24-25-35-34-16-7-11-22-42(34)51-43(35)26-29)18-13-19-37(45)39-28-30(27-38-36-17-8-12-23-44(36)54-46(38)39)50-40-20-9-5-14-32(40)33-15-6-10-21-41(33)50/h5-28H,1-4H3. The van der Waals surface area contributed by atoms with Crippen LogP contribution in [-0.4, -0.2) is 22.9 Å². The van der Waals surface area contributed by atoms with E-state index in [0.717, 1.165) is 55.3 Å². The minimum atomic E-state index is -0.603. The van der Waals surface area contributed by atoms with E-state index in [-0.39, 0.29) is 0 Å². The number of nitrogens with zero attached hydrogens (tertiary/aromatic N) is 1. The molecule has 0 spiro atoms. The van der Waals surface area contributed by atoms with Gasteiger partial charge in [0.2, 0.25) is 0 Å². The molecule has 10 aromatic rings. The Morgan fingerprint density at radius 3 is 1.85 bits per heavy atom. The van der Waals surface area contributed by atoms with Crippen molar-refractivity contribution in [3.63, 3.8) is 0 Å². The van der Waals surface area contributed by atoms with Crippen molar-refractivity contribution in [1.82, 2.24) is 4.57 Å². The zero-order chi connectivity index (χ0) is 36.3. The van der Waals surface area contributed by atoms with Gasteiger partial charge in [-0.1, -0.05) is 97.1 Å². The van der Waals surface area contributed by atoms with Gasteiger partial charge in [-0.3, -0.25) is 0 Å². The zero-order valence-electron chi connectivity index (χ0n) is 30.5. The highest BCUT2D eigenvalue weighted by atomic mass is 32.1. The second kappa shape index (κ2) is 11.4. The predicted octanol–water partition coefficient (Wildman–Crippen LogP) is 12.7. The van der Waals surface area contributed by atoms with Crippen LogP contribution < -0.4 is 5.46 Å². The van der Waals surface area contributed by atoms with Gasteiger partial charge in [0, 0.05) is 53.0 Å². The monoisotopic (exact) mass is 717 g/mol. The fraction of sp³-hybridized carbons (Fsp3) is 0.125. The van der Waals surface area contributed by atoms with E-state index < -0.39 is 18.3 Å². The summed E-state index contributed by atoms with van der Waals surface area (Å²) < 4.78 is 25.2. The number of benzene rings is 7.